The van der Waals surface area contributed by atoms with Gasteiger partial charge in [0, 0.05) is 15.7 Å². The largest absolute Gasteiger partial charge is 0.489 e. The lowest BCUT2D eigenvalue weighted by Crippen LogP contribution is -2.04. The van der Waals surface area contributed by atoms with E-state index in [0.29, 0.717) is 6.61 Å². The van der Waals surface area contributed by atoms with Gasteiger partial charge < -0.3 is 10.5 Å². The van der Waals surface area contributed by atoms with Gasteiger partial charge in [0.25, 0.3) is 0 Å². The van der Waals surface area contributed by atoms with Crippen LogP contribution in [0.5, 0.6) is 5.75 Å². The molecule has 3 rings (SSSR count). The van der Waals surface area contributed by atoms with E-state index in [1.165, 1.54) is 36.8 Å². The zero-order valence-corrected chi connectivity index (χ0v) is 12.9. The zero-order chi connectivity index (χ0) is 13.9. The van der Waals surface area contributed by atoms with Crippen molar-refractivity contribution in [3.63, 3.8) is 0 Å². The van der Waals surface area contributed by atoms with Crippen molar-refractivity contribution >= 4 is 21.6 Å². The summed E-state index contributed by atoms with van der Waals surface area (Å²) in [6, 6.07) is 12.3. The molecule has 2 aromatic rings. The minimum absolute atomic E-state index is 0.492. The maximum Gasteiger partial charge on any atom is 0.120 e. The van der Waals surface area contributed by atoms with Gasteiger partial charge in [-0.05, 0) is 61.1 Å². The van der Waals surface area contributed by atoms with Gasteiger partial charge in [0.05, 0.1) is 0 Å². The van der Waals surface area contributed by atoms with Crippen LogP contribution in [0.25, 0.3) is 0 Å². The molecule has 0 radical (unpaired) electrons. The van der Waals surface area contributed by atoms with Gasteiger partial charge in [0.15, 0.2) is 0 Å². The molecule has 0 fully saturated rings. The van der Waals surface area contributed by atoms with Gasteiger partial charge in [-0.15, -0.1) is 0 Å². The zero-order valence-electron chi connectivity index (χ0n) is 11.4. The van der Waals surface area contributed by atoms with E-state index in [0.717, 1.165) is 21.5 Å². The van der Waals surface area contributed by atoms with E-state index in [4.69, 9.17) is 10.5 Å². The van der Waals surface area contributed by atoms with Crippen molar-refractivity contribution in [3.8, 4) is 5.75 Å². The Bertz CT molecular complexity index is 604. The standard InChI is InChI=1S/C17H18BrNO/c18-16-6-3-7-17(19)15(16)11-20-14-9-8-12-4-1-2-5-13(12)10-14/h3,6-10H,1-2,4-5,11,19H2. The van der Waals surface area contributed by atoms with E-state index in [-0.39, 0.29) is 0 Å². The first-order valence-corrected chi connectivity index (χ1v) is 7.81. The molecule has 20 heavy (non-hydrogen) atoms. The van der Waals surface area contributed by atoms with Crippen molar-refractivity contribution in [3.05, 3.63) is 57.6 Å². The third-order valence-corrected chi connectivity index (χ3v) is 4.60. The number of hydrogen-bond acceptors (Lipinski definition) is 2. The first-order chi connectivity index (χ1) is 9.74. The molecule has 0 unspecified atom stereocenters. The number of ether oxygens (including phenoxy) is 1. The molecule has 104 valence electrons. The lowest BCUT2D eigenvalue weighted by Gasteiger charge is -2.17. The van der Waals surface area contributed by atoms with Gasteiger partial charge in [-0.2, -0.15) is 0 Å². The normalized spacial score (nSPS) is 13.8. The number of aryl methyl sites for hydroxylation is 2. The molecule has 0 aliphatic heterocycles. The predicted octanol–water partition coefficient (Wildman–Crippen LogP) is 4.49. The summed E-state index contributed by atoms with van der Waals surface area (Å²) in [4.78, 5) is 0. The van der Waals surface area contributed by atoms with Gasteiger partial charge >= 0.3 is 0 Å². The van der Waals surface area contributed by atoms with E-state index < -0.39 is 0 Å². The molecular weight excluding hydrogens is 314 g/mol. The number of halogens is 1. The molecule has 2 nitrogen and oxygen atoms in total. The Morgan fingerprint density at radius 1 is 1.05 bits per heavy atom. The highest BCUT2D eigenvalue weighted by Crippen LogP contribution is 2.28. The summed E-state index contributed by atoms with van der Waals surface area (Å²) in [5.41, 5.74) is 10.7. The van der Waals surface area contributed by atoms with Crippen molar-refractivity contribution in [2.24, 2.45) is 0 Å². The lowest BCUT2D eigenvalue weighted by atomic mass is 9.92. The number of nitrogens with two attached hydrogens (primary N) is 1. The summed E-state index contributed by atoms with van der Waals surface area (Å²) in [5.74, 6) is 0.931. The van der Waals surface area contributed by atoms with Crippen molar-refractivity contribution < 1.29 is 4.74 Å². The monoisotopic (exact) mass is 331 g/mol. The molecule has 1 aliphatic carbocycles. The molecule has 0 bridgehead atoms. The van der Waals surface area contributed by atoms with Gasteiger partial charge in [-0.3, -0.25) is 0 Å². The van der Waals surface area contributed by atoms with Crippen molar-refractivity contribution in [1.29, 1.82) is 0 Å². The van der Waals surface area contributed by atoms with Crippen LogP contribution in [0.2, 0.25) is 0 Å². The highest BCUT2D eigenvalue weighted by Gasteiger charge is 2.10. The van der Waals surface area contributed by atoms with Crippen molar-refractivity contribution in [2.75, 3.05) is 5.73 Å². The molecule has 0 atom stereocenters. The minimum Gasteiger partial charge on any atom is -0.489 e. The second-order valence-electron chi connectivity index (χ2n) is 5.23. The van der Waals surface area contributed by atoms with Crippen LogP contribution >= 0.6 is 15.9 Å². The third-order valence-electron chi connectivity index (χ3n) is 3.86. The molecule has 2 aromatic carbocycles. The highest BCUT2D eigenvalue weighted by atomic mass is 79.9. The Kier molecular flexibility index (Phi) is 3.97. The molecule has 0 saturated carbocycles. The fourth-order valence-corrected chi connectivity index (χ4v) is 3.18. The van der Waals surface area contributed by atoms with Crippen LogP contribution in [0.15, 0.2) is 40.9 Å². The van der Waals surface area contributed by atoms with Crippen molar-refractivity contribution in [1.82, 2.24) is 0 Å². The Balaban J connectivity index is 1.75. The van der Waals surface area contributed by atoms with E-state index in [1.54, 1.807) is 0 Å². The molecule has 0 saturated heterocycles. The second kappa shape index (κ2) is 5.88. The number of nitrogen functional groups attached to an aromatic ring is 1. The summed E-state index contributed by atoms with van der Waals surface area (Å²) in [6.07, 6.45) is 4.96. The van der Waals surface area contributed by atoms with Crippen LogP contribution in [-0.4, -0.2) is 0 Å². The quantitative estimate of drug-likeness (QED) is 0.841. The average Bonchev–Trinajstić information content (AvgIpc) is 2.46. The Morgan fingerprint density at radius 2 is 1.85 bits per heavy atom. The molecule has 1 aliphatic rings. The lowest BCUT2D eigenvalue weighted by molar-refractivity contribution is 0.305. The number of fused-ring (bicyclic) bond motifs is 1. The molecule has 0 spiro atoms. The predicted molar refractivity (Wildman–Crippen MR) is 86.0 cm³/mol. The number of anilines is 1. The van der Waals surface area contributed by atoms with Crippen LogP contribution in [0.1, 0.15) is 29.5 Å². The van der Waals surface area contributed by atoms with E-state index in [2.05, 4.69) is 34.1 Å². The topological polar surface area (TPSA) is 35.2 Å². The summed E-state index contributed by atoms with van der Waals surface area (Å²) >= 11 is 3.52. The Morgan fingerprint density at radius 3 is 2.65 bits per heavy atom. The smallest absolute Gasteiger partial charge is 0.120 e. The van der Waals surface area contributed by atoms with Crippen molar-refractivity contribution in [2.45, 2.75) is 32.3 Å². The Labute approximate surface area is 128 Å². The maximum atomic E-state index is 5.99. The summed E-state index contributed by atoms with van der Waals surface area (Å²) < 4.78 is 6.91. The first kappa shape index (κ1) is 13.5. The summed E-state index contributed by atoms with van der Waals surface area (Å²) in [6.45, 7) is 0.492. The van der Waals surface area contributed by atoms with Crippen LogP contribution < -0.4 is 10.5 Å². The van der Waals surface area contributed by atoms with Gasteiger partial charge in [0.1, 0.15) is 12.4 Å². The molecule has 0 aromatic heterocycles. The van der Waals surface area contributed by atoms with Crippen LogP contribution in [-0.2, 0) is 19.4 Å². The molecule has 0 heterocycles. The molecular formula is C17H18BrNO. The molecule has 0 amide bonds. The van der Waals surface area contributed by atoms with Gasteiger partial charge in [-0.25, -0.2) is 0 Å². The maximum absolute atomic E-state index is 5.99. The number of benzene rings is 2. The van der Waals surface area contributed by atoms with Gasteiger partial charge in [0.2, 0.25) is 0 Å². The van der Waals surface area contributed by atoms with Crippen LogP contribution in [0, 0.1) is 0 Å². The fraction of sp³-hybridized carbons (Fsp3) is 0.294. The highest BCUT2D eigenvalue weighted by molar-refractivity contribution is 9.10. The summed E-state index contributed by atoms with van der Waals surface area (Å²) in [5, 5.41) is 0. The second-order valence-corrected chi connectivity index (χ2v) is 6.09. The first-order valence-electron chi connectivity index (χ1n) is 7.01. The number of rotatable bonds is 3. The minimum atomic E-state index is 0.492. The molecule has 3 heteroatoms. The van der Waals surface area contributed by atoms with E-state index in [9.17, 15) is 0 Å². The summed E-state index contributed by atoms with van der Waals surface area (Å²) in [7, 11) is 0. The van der Waals surface area contributed by atoms with E-state index >= 15 is 0 Å². The van der Waals surface area contributed by atoms with Crippen LogP contribution in [0.3, 0.4) is 0 Å². The number of hydrogen-bond donors (Lipinski definition) is 1. The van der Waals surface area contributed by atoms with E-state index in [1.807, 2.05) is 18.2 Å². The van der Waals surface area contributed by atoms with Crippen LogP contribution in [0.4, 0.5) is 5.69 Å². The Hall–Kier alpha value is -1.48. The van der Waals surface area contributed by atoms with Gasteiger partial charge in [-0.1, -0.05) is 28.1 Å². The SMILES string of the molecule is Nc1cccc(Br)c1COc1ccc2c(c1)CCCC2. The average molecular weight is 332 g/mol. The molecule has 2 N–H and O–H groups in total. The fourth-order valence-electron chi connectivity index (χ4n) is 2.68. The third kappa shape index (κ3) is 2.83.